The van der Waals surface area contributed by atoms with E-state index in [0.717, 1.165) is 43.6 Å². The number of aliphatic carboxylic acids is 1. The highest BCUT2D eigenvalue weighted by molar-refractivity contribution is 5.87. The minimum absolute atomic E-state index is 0.313. The molecule has 3 aliphatic rings. The van der Waals surface area contributed by atoms with Gasteiger partial charge in [-0.25, -0.2) is 4.79 Å². The van der Waals surface area contributed by atoms with Crippen molar-refractivity contribution in [2.75, 3.05) is 7.11 Å². The zero-order valence-corrected chi connectivity index (χ0v) is 14.7. The Balaban J connectivity index is 1.50. The summed E-state index contributed by atoms with van der Waals surface area (Å²) in [5, 5.41) is 9.18. The second kappa shape index (κ2) is 6.74. The summed E-state index contributed by atoms with van der Waals surface area (Å²) in [5.74, 6) is 2.31. The van der Waals surface area contributed by atoms with Crippen molar-refractivity contribution in [1.29, 1.82) is 0 Å². The van der Waals surface area contributed by atoms with Crippen LogP contribution in [0.4, 0.5) is 0 Å². The van der Waals surface area contributed by atoms with Crippen molar-refractivity contribution >= 4 is 5.97 Å². The molecule has 4 rings (SSSR count). The van der Waals surface area contributed by atoms with Crippen LogP contribution in [0.25, 0.3) is 0 Å². The van der Waals surface area contributed by atoms with Crippen LogP contribution in [0.15, 0.2) is 29.8 Å². The summed E-state index contributed by atoms with van der Waals surface area (Å²) >= 11 is 0. The third kappa shape index (κ3) is 3.26. The molecule has 2 fully saturated rings. The number of hydrogen-bond acceptors (Lipinski definition) is 3. The second-order valence-corrected chi connectivity index (χ2v) is 7.73. The standard InChI is InChI=1S/C21H26O4/c1-24-19-7-6-13(12-20(19)25-18-4-2-3-5-18)14-8-15-10-17(21(22)23)11-16(15)9-14/h6-7,10,12,14-16,18H,2-5,8-9,11H2,1H3,(H,22,23)/t14-,15-,16+/m1/s1. The number of benzene rings is 1. The zero-order chi connectivity index (χ0) is 17.4. The molecule has 3 aliphatic carbocycles. The van der Waals surface area contributed by atoms with Crippen LogP contribution in [0.3, 0.4) is 0 Å². The summed E-state index contributed by atoms with van der Waals surface area (Å²) < 4.78 is 11.7. The molecule has 0 aliphatic heterocycles. The molecule has 0 aromatic heterocycles. The Hall–Kier alpha value is -1.97. The molecule has 0 radical (unpaired) electrons. The van der Waals surface area contributed by atoms with Gasteiger partial charge in [0, 0.05) is 5.57 Å². The van der Waals surface area contributed by atoms with Crippen LogP contribution in [0.2, 0.25) is 0 Å². The smallest absolute Gasteiger partial charge is 0.331 e. The molecule has 0 bridgehead atoms. The number of carbonyl (C=O) groups is 1. The van der Waals surface area contributed by atoms with Crippen molar-refractivity contribution in [2.45, 2.75) is 57.0 Å². The van der Waals surface area contributed by atoms with Gasteiger partial charge in [-0.05, 0) is 80.4 Å². The predicted molar refractivity (Wildman–Crippen MR) is 95.2 cm³/mol. The Bertz CT molecular complexity index is 687. The largest absolute Gasteiger partial charge is 0.493 e. The number of ether oxygens (including phenoxy) is 2. The molecule has 0 spiro atoms. The van der Waals surface area contributed by atoms with Crippen molar-refractivity contribution < 1.29 is 19.4 Å². The first kappa shape index (κ1) is 16.5. The number of hydrogen-bond donors (Lipinski definition) is 1. The topological polar surface area (TPSA) is 55.8 Å². The molecule has 4 nitrogen and oxygen atoms in total. The van der Waals surface area contributed by atoms with Gasteiger partial charge in [0.1, 0.15) is 0 Å². The zero-order valence-electron chi connectivity index (χ0n) is 14.7. The third-order valence-corrected chi connectivity index (χ3v) is 6.18. The Morgan fingerprint density at radius 1 is 1.16 bits per heavy atom. The fourth-order valence-electron chi connectivity index (χ4n) is 4.86. The van der Waals surface area contributed by atoms with Gasteiger partial charge >= 0.3 is 5.97 Å². The summed E-state index contributed by atoms with van der Waals surface area (Å²) in [6.07, 6.45) is 9.88. The van der Waals surface area contributed by atoms with Crippen molar-refractivity contribution in [2.24, 2.45) is 11.8 Å². The molecule has 2 saturated carbocycles. The number of carboxylic acid groups (broad SMARTS) is 1. The minimum Gasteiger partial charge on any atom is -0.493 e. The van der Waals surface area contributed by atoms with Gasteiger partial charge in [0.05, 0.1) is 13.2 Å². The lowest BCUT2D eigenvalue weighted by Crippen LogP contribution is -2.12. The second-order valence-electron chi connectivity index (χ2n) is 7.73. The predicted octanol–water partition coefficient (Wildman–Crippen LogP) is 4.54. The maximum Gasteiger partial charge on any atom is 0.331 e. The monoisotopic (exact) mass is 342 g/mol. The lowest BCUT2D eigenvalue weighted by Gasteiger charge is -2.19. The molecule has 134 valence electrons. The number of methoxy groups -OCH3 is 1. The van der Waals surface area contributed by atoms with E-state index >= 15 is 0 Å². The van der Waals surface area contributed by atoms with E-state index in [9.17, 15) is 9.90 Å². The van der Waals surface area contributed by atoms with Crippen molar-refractivity contribution in [1.82, 2.24) is 0 Å². The third-order valence-electron chi connectivity index (χ3n) is 6.18. The highest BCUT2D eigenvalue weighted by atomic mass is 16.5. The van der Waals surface area contributed by atoms with E-state index in [-0.39, 0.29) is 0 Å². The van der Waals surface area contributed by atoms with Crippen LogP contribution in [-0.4, -0.2) is 24.3 Å². The molecule has 0 heterocycles. The van der Waals surface area contributed by atoms with Gasteiger partial charge in [-0.2, -0.15) is 0 Å². The normalized spacial score (nSPS) is 28.7. The van der Waals surface area contributed by atoms with E-state index in [0.29, 0.717) is 29.4 Å². The minimum atomic E-state index is -0.748. The number of allylic oxidation sites excluding steroid dienone is 1. The van der Waals surface area contributed by atoms with Crippen LogP contribution in [0.5, 0.6) is 11.5 Å². The van der Waals surface area contributed by atoms with E-state index < -0.39 is 5.97 Å². The average Bonchev–Trinajstić information content (AvgIpc) is 3.30. The average molecular weight is 342 g/mol. The lowest BCUT2D eigenvalue weighted by molar-refractivity contribution is -0.132. The summed E-state index contributed by atoms with van der Waals surface area (Å²) in [4.78, 5) is 11.2. The maximum absolute atomic E-state index is 11.2. The van der Waals surface area contributed by atoms with Crippen molar-refractivity contribution in [3.8, 4) is 11.5 Å². The fourth-order valence-corrected chi connectivity index (χ4v) is 4.86. The van der Waals surface area contributed by atoms with E-state index in [1.165, 1.54) is 18.4 Å². The Morgan fingerprint density at radius 2 is 1.96 bits per heavy atom. The van der Waals surface area contributed by atoms with Crippen LogP contribution >= 0.6 is 0 Å². The van der Waals surface area contributed by atoms with E-state index in [2.05, 4.69) is 12.1 Å². The Kier molecular flexibility index (Phi) is 4.45. The Morgan fingerprint density at radius 3 is 2.64 bits per heavy atom. The van der Waals surface area contributed by atoms with Crippen molar-refractivity contribution in [3.05, 3.63) is 35.4 Å². The number of rotatable bonds is 5. The lowest BCUT2D eigenvalue weighted by atomic mass is 9.94. The van der Waals surface area contributed by atoms with Gasteiger partial charge < -0.3 is 14.6 Å². The molecule has 25 heavy (non-hydrogen) atoms. The SMILES string of the molecule is COc1ccc([C@H]2C[C@H]3CC(C(=O)O)=C[C@H]3C2)cc1OC1CCCC1. The van der Waals surface area contributed by atoms with Crippen molar-refractivity contribution in [3.63, 3.8) is 0 Å². The fraction of sp³-hybridized carbons (Fsp3) is 0.571. The van der Waals surface area contributed by atoms with E-state index in [4.69, 9.17) is 9.47 Å². The van der Waals surface area contributed by atoms with Crippen LogP contribution in [0.1, 0.15) is 56.4 Å². The van der Waals surface area contributed by atoms with Gasteiger partial charge in [0.2, 0.25) is 0 Å². The van der Waals surface area contributed by atoms with Gasteiger partial charge in [-0.1, -0.05) is 12.1 Å². The molecule has 0 unspecified atom stereocenters. The molecule has 1 aromatic carbocycles. The Labute approximate surface area is 148 Å². The molecule has 1 aromatic rings. The molecule has 4 heteroatoms. The first-order chi connectivity index (χ1) is 12.1. The maximum atomic E-state index is 11.2. The number of carboxylic acids is 1. The van der Waals surface area contributed by atoms with Gasteiger partial charge in [0.15, 0.2) is 11.5 Å². The summed E-state index contributed by atoms with van der Waals surface area (Å²) in [5.41, 5.74) is 1.90. The number of fused-ring (bicyclic) bond motifs is 1. The molecule has 1 N–H and O–H groups in total. The first-order valence-electron chi connectivity index (χ1n) is 9.42. The van der Waals surface area contributed by atoms with Crippen LogP contribution < -0.4 is 9.47 Å². The molecule has 0 amide bonds. The first-order valence-corrected chi connectivity index (χ1v) is 9.42. The van der Waals surface area contributed by atoms with Crippen LogP contribution in [-0.2, 0) is 4.79 Å². The van der Waals surface area contributed by atoms with Gasteiger partial charge in [-0.3, -0.25) is 0 Å². The van der Waals surface area contributed by atoms with E-state index in [1.54, 1.807) is 7.11 Å². The highest BCUT2D eigenvalue weighted by Crippen LogP contribution is 2.50. The van der Waals surface area contributed by atoms with E-state index in [1.807, 2.05) is 12.1 Å². The molecular weight excluding hydrogens is 316 g/mol. The quantitative estimate of drug-likeness (QED) is 0.853. The van der Waals surface area contributed by atoms with Gasteiger partial charge in [-0.15, -0.1) is 0 Å². The van der Waals surface area contributed by atoms with Crippen LogP contribution in [0, 0.1) is 11.8 Å². The van der Waals surface area contributed by atoms with Gasteiger partial charge in [0.25, 0.3) is 0 Å². The highest BCUT2D eigenvalue weighted by Gasteiger charge is 2.39. The molecule has 0 saturated heterocycles. The molecular formula is C21H26O4. The summed E-state index contributed by atoms with van der Waals surface area (Å²) in [6, 6.07) is 6.32. The summed E-state index contributed by atoms with van der Waals surface area (Å²) in [7, 11) is 1.69. The summed E-state index contributed by atoms with van der Waals surface area (Å²) in [6.45, 7) is 0. The molecule has 3 atom stereocenters.